The Bertz CT molecular complexity index is 291. The van der Waals surface area contributed by atoms with Gasteiger partial charge in [0.05, 0.1) is 0 Å². The van der Waals surface area contributed by atoms with Crippen molar-refractivity contribution in [2.45, 2.75) is 32.6 Å². The van der Waals surface area contributed by atoms with E-state index in [0.29, 0.717) is 0 Å². The standard InChI is InChI=1S/C12H17N/c1-2-3-4-10-5-6-11-7-8-13-12(11)9-10/h5-6,9,13H,2-4,7-8H2,1H3. The van der Waals surface area contributed by atoms with Crippen LogP contribution in [0.2, 0.25) is 0 Å². The van der Waals surface area contributed by atoms with Crippen LogP contribution < -0.4 is 5.32 Å². The van der Waals surface area contributed by atoms with Gasteiger partial charge in [0, 0.05) is 12.2 Å². The van der Waals surface area contributed by atoms with Gasteiger partial charge >= 0.3 is 0 Å². The molecule has 1 aliphatic rings. The lowest BCUT2D eigenvalue weighted by Gasteiger charge is -2.03. The summed E-state index contributed by atoms with van der Waals surface area (Å²) in [4.78, 5) is 0. The van der Waals surface area contributed by atoms with Gasteiger partial charge in [-0.25, -0.2) is 0 Å². The van der Waals surface area contributed by atoms with Crippen molar-refractivity contribution >= 4 is 5.69 Å². The minimum absolute atomic E-state index is 1.12. The zero-order valence-corrected chi connectivity index (χ0v) is 8.27. The smallest absolute Gasteiger partial charge is 0.0376 e. The van der Waals surface area contributed by atoms with Gasteiger partial charge in [0.15, 0.2) is 0 Å². The average Bonchev–Trinajstić information content (AvgIpc) is 2.61. The van der Waals surface area contributed by atoms with Crippen LogP contribution in [-0.4, -0.2) is 6.54 Å². The second kappa shape index (κ2) is 3.82. The number of rotatable bonds is 3. The first kappa shape index (κ1) is 8.61. The first-order valence-corrected chi connectivity index (χ1v) is 5.26. The molecule has 1 heterocycles. The number of unbranched alkanes of at least 4 members (excludes halogenated alkanes) is 1. The van der Waals surface area contributed by atoms with E-state index in [0.717, 1.165) is 6.54 Å². The third-order valence-electron chi connectivity index (χ3n) is 2.70. The van der Waals surface area contributed by atoms with Gasteiger partial charge < -0.3 is 5.32 Å². The summed E-state index contributed by atoms with van der Waals surface area (Å²) in [5.41, 5.74) is 4.34. The van der Waals surface area contributed by atoms with Gasteiger partial charge in [-0.1, -0.05) is 25.5 Å². The highest BCUT2D eigenvalue weighted by atomic mass is 14.9. The van der Waals surface area contributed by atoms with E-state index in [1.807, 2.05) is 0 Å². The second-order valence-corrected chi connectivity index (χ2v) is 3.77. The molecule has 1 N–H and O–H groups in total. The fourth-order valence-electron chi connectivity index (χ4n) is 1.87. The molecule has 1 heteroatoms. The quantitative estimate of drug-likeness (QED) is 0.744. The van der Waals surface area contributed by atoms with Gasteiger partial charge in [-0.15, -0.1) is 0 Å². The fourth-order valence-corrected chi connectivity index (χ4v) is 1.87. The highest BCUT2D eigenvalue weighted by Crippen LogP contribution is 2.23. The molecule has 2 rings (SSSR count). The number of anilines is 1. The molecule has 0 radical (unpaired) electrons. The van der Waals surface area contributed by atoms with E-state index in [1.165, 1.54) is 42.5 Å². The zero-order chi connectivity index (χ0) is 9.10. The van der Waals surface area contributed by atoms with Crippen LogP contribution in [0, 0.1) is 0 Å². The Morgan fingerprint density at radius 2 is 2.31 bits per heavy atom. The van der Waals surface area contributed by atoms with Crippen molar-refractivity contribution in [3.8, 4) is 0 Å². The fraction of sp³-hybridized carbons (Fsp3) is 0.500. The van der Waals surface area contributed by atoms with Gasteiger partial charge in [-0.3, -0.25) is 0 Å². The summed E-state index contributed by atoms with van der Waals surface area (Å²) in [6.45, 7) is 3.36. The molecular formula is C12H17N. The van der Waals surface area contributed by atoms with Crippen LogP contribution in [0.4, 0.5) is 5.69 Å². The molecule has 1 nitrogen and oxygen atoms in total. The van der Waals surface area contributed by atoms with E-state index in [-0.39, 0.29) is 0 Å². The van der Waals surface area contributed by atoms with Gasteiger partial charge in [-0.05, 0) is 36.5 Å². The normalized spacial score (nSPS) is 13.9. The lowest BCUT2D eigenvalue weighted by molar-refractivity contribution is 0.795. The van der Waals surface area contributed by atoms with Crippen molar-refractivity contribution in [3.63, 3.8) is 0 Å². The lowest BCUT2D eigenvalue weighted by Crippen LogP contribution is -1.91. The summed E-state index contributed by atoms with van der Waals surface area (Å²) in [5, 5.41) is 3.42. The second-order valence-electron chi connectivity index (χ2n) is 3.77. The van der Waals surface area contributed by atoms with E-state index < -0.39 is 0 Å². The highest BCUT2D eigenvalue weighted by Gasteiger charge is 2.09. The third kappa shape index (κ3) is 1.85. The molecule has 0 unspecified atom stereocenters. The van der Waals surface area contributed by atoms with Crippen LogP contribution in [0.15, 0.2) is 18.2 Å². The Kier molecular flexibility index (Phi) is 2.53. The van der Waals surface area contributed by atoms with Crippen LogP contribution in [0.3, 0.4) is 0 Å². The van der Waals surface area contributed by atoms with Gasteiger partial charge in [0.25, 0.3) is 0 Å². The van der Waals surface area contributed by atoms with Crippen LogP contribution in [0.25, 0.3) is 0 Å². The van der Waals surface area contributed by atoms with Crippen LogP contribution >= 0.6 is 0 Å². The third-order valence-corrected chi connectivity index (χ3v) is 2.70. The number of benzene rings is 1. The first-order valence-electron chi connectivity index (χ1n) is 5.26. The summed E-state index contributed by atoms with van der Waals surface area (Å²) in [7, 11) is 0. The largest absolute Gasteiger partial charge is 0.384 e. The summed E-state index contributed by atoms with van der Waals surface area (Å²) < 4.78 is 0. The van der Waals surface area contributed by atoms with Crippen LogP contribution in [0.1, 0.15) is 30.9 Å². The van der Waals surface area contributed by atoms with E-state index in [9.17, 15) is 0 Å². The van der Waals surface area contributed by atoms with Crippen LogP contribution in [-0.2, 0) is 12.8 Å². The minimum Gasteiger partial charge on any atom is -0.384 e. The summed E-state index contributed by atoms with van der Waals surface area (Å²) in [6, 6.07) is 6.87. The molecular weight excluding hydrogens is 158 g/mol. The van der Waals surface area contributed by atoms with E-state index >= 15 is 0 Å². The predicted octanol–water partition coefficient (Wildman–Crippen LogP) is 3.00. The van der Waals surface area contributed by atoms with Gasteiger partial charge in [-0.2, -0.15) is 0 Å². The molecule has 0 aliphatic carbocycles. The lowest BCUT2D eigenvalue weighted by atomic mass is 10.0. The van der Waals surface area contributed by atoms with Crippen molar-refractivity contribution in [1.82, 2.24) is 0 Å². The maximum atomic E-state index is 3.42. The molecule has 0 fully saturated rings. The van der Waals surface area contributed by atoms with E-state index in [4.69, 9.17) is 0 Å². The maximum Gasteiger partial charge on any atom is 0.0376 e. The number of hydrogen-bond acceptors (Lipinski definition) is 1. The molecule has 0 saturated heterocycles. The monoisotopic (exact) mass is 175 g/mol. The molecule has 0 amide bonds. The molecule has 1 aliphatic heterocycles. The van der Waals surface area contributed by atoms with Crippen molar-refractivity contribution in [2.75, 3.05) is 11.9 Å². The number of fused-ring (bicyclic) bond motifs is 1. The molecule has 13 heavy (non-hydrogen) atoms. The maximum absolute atomic E-state index is 3.42. The molecule has 0 aromatic heterocycles. The van der Waals surface area contributed by atoms with E-state index in [1.54, 1.807) is 0 Å². The van der Waals surface area contributed by atoms with Crippen molar-refractivity contribution < 1.29 is 0 Å². The van der Waals surface area contributed by atoms with Crippen LogP contribution in [0.5, 0.6) is 0 Å². The molecule has 0 bridgehead atoms. The Morgan fingerprint density at radius 3 is 3.15 bits per heavy atom. The summed E-state index contributed by atoms with van der Waals surface area (Å²) in [5.74, 6) is 0. The van der Waals surface area contributed by atoms with Crippen molar-refractivity contribution in [1.29, 1.82) is 0 Å². The van der Waals surface area contributed by atoms with Gasteiger partial charge in [0.1, 0.15) is 0 Å². The molecule has 1 aromatic carbocycles. The summed E-state index contributed by atoms with van der Waals surface area (Å²) >= 11 is 0. The molecule has 1 aromatic rings. The van der Waals surface area contributed by atoms with E-state index in [2.05, 4.69) is 30.4 Å². The minimum atomic E-state index is 1.12. The van der Waals surface area contributed by atoms with Crippen molar-refractivity contribution in [3.05, 3.63) is 29.3 Å². The number of hydrogen-bond donors (Lipinski definition) is 1. The number of nitrogens with one attached hydrogen (secondary N) is 1. The topological polar surface area (TPSA) is 12.0 Å². The first-order chi connectivity index (χ1) is 6.40. The zero-order valence-electron chi connectivity index (χ0n) is 8.27. The Labute approximate surface area is 80.2 Å². The van der Waals surface area contributed by atoms with Gasteiger partial charge in [0.2, 0.25) is 0 Å². The molecule has 0 atom stereocenters. The highest BCUT2D eigenvalue weighted by molar-refractivity contribution is 5.56. The SMILES string of the molecule is CCCCc1ccc2c(c1)NCC2. The predicted molar refractivity (Wildman–Crippen MR) is 57.2 cm³/mol. The van der Waals surface area contributed by atoms with Crippen molar-refractivity contribution in [2.24, 2.45) is 0 Å². The Hall–Kier alpha value is -0.980. The molecule has 0 spiro atoms. The average molecular weight is 175 g/mol. The molecule has 70 valence electrons. The summed E-state index contributed by atoms with van der Waals surface area (Å²) in [6.07, 6.45) is 5.01. The Balaban J connectivity index is 2.12. The molecule has 0 saturated carbocycles. The number of aryl methyl sites for hydroxylation is 1. The Morgan fingerprint density at radius 1 is 1.38 bits per heavy atom.